The average molecular weight is 348 g/mol. The summed E-state index contributed by atoms with van der Waals surface area (Å²) >= 11 is 0. The number of benzene rings is 2. The summed E-state index contributed by atoms with van der Waals surface area (Å²) in [6, 6.07) is 6.26. The first-order valence-corrected chi connectivity index (χ1v) is 6.43. The zero-order chi connectivity index (χ0) is 18.1. The normalized spacial score (nSPS) is 12.1. The van der Waals surface area contributed by atoms with E-state index in [1.807, 2.05) is 0 Å². The Morgan fingerprint density at radius 2 is 1.29 bits per heavy atom. The van der Waals surface area contributed by atoms with Crippen LogP contribution in [-0.2, 0) is 12.4 Å². The van der Waals surface area contributed by atoms with Gasteiger partial charge in [-0.1, -0.05) is 0 Å². The van der Waals surface area contributed by atoms with Crippen LogP contribution in [0.25, 0.3) is 0 Å². The quantitative estimate of drug-likeness (QED) is 0.618. The van der Waals surface area contributed by atoms with Crippen LogP contribution in [-0.4, -0.2) is 5.91 Å². The third-order valence-corrected chi connectivity index (χ3v) is 3.02. The minimum atomic E-state index is -5.02. The van der Waals surface area contributed by atoms with Crippen molar-refractivity contribution < 1.29 is 31.1 Å². The molecule has 0 aliphatic heterocycles. The van der Waals surface area contributed by atoms with Crippen LogP contribution in [0.3, 0.4) is 0 Å². The van der Waals surface area contributed by atoms with E-state index in [0.29, 0.717) is 17.8 Å². The van der Waals surface area contributed by atoms with Crippen LogP contribution in [0, 0.1) is 0 Å². The van der Waals surface area contributed by atoms with Gasteiger partial charge < -0.3 is 11.1 Å². The maximum atomic E-state index is 12.8. The van der Waals surface area contributed by atoms with Gasteiger partial charge in [0.05, 0.1) is 11.1 Å². The van der Waals surface area contributed by atoms with E-state index in [4.69, 9.17) is 5.73 Å². The smallest absolute Gasteiger partial charge is 0.399 e. The fourth-order valence-electron chi connectivity index (χ4n) is 1.86. The summed E-state index contributed by atoms with van der Waals surface area (Å²) in [6.07, 6.45) is -10.0. The molecule has 0 bridgehead atoms. The molecule has 3 nitrogen and oxygen atoms in total. The molecule has 128 valence electrons. The third-order valence-electron chi connectivity index (χ3n) is 3.02. The monoisotopic (exact) mass is 348 g/mol. The number of rotatable bonds is 2. The molecule has 2 rings (SSSR count). The number of carbonyl (C=O) groups excluding carboxylic acids is 1. The highest BCUT2D eigenvalue weighted by molar-refractivity contribution is 6.04. The largest absolute Gasteiger partial charge is 0.416 e. The number of anilines is 2. The predicted molar refractivity (Wildman–Crippen MR) is 75.3 cm³/mol. The minimum Gasteiger partial charge on any atom is -0.399 e. The van der Waals surface area contributed by atoms with Crippen molar-refractivity contribution in [1.29, 1.82) is 0 Å². The van der Waals surface area contributed by atoms with E-state index in [0.717, 1.165) is 0 Å². The molecule has 0 atom stereocenters. The van der Waals surface area contributed by atoms with Crippen LogP contribution >= 0.6 is 0 Å². The van der Waals surface area contributed by atoms with Gasteiger partial charge in [-0.05, 0) is 42.5 Å². The molecule has 1 amide bonds. The van der Waals surface area contributed by atoms with Gasteiger partial charge in [-0.2, -0.15) is 26.3 Å². The topological polar surface area (TPSA) is 55.1 Å². The van der Waals surface area contributed by atoms with Crippen molar-refractivity contribution in [2.75, 3.05) is 11.1 Å². The van der Waals surface area contributed by atoms with Crippen molar-refractivity contribution in [3.05, 3.63) is 59.2 Å². The molecule has 24 heavy (non-hydrogen) atoms. The molecule has 0 aliphatic carbocycles. The Bertz CT molecular complexity index is 718. The summed E-state index contributed by atoms with van der Waals surface area (Å²) in [5.41, 5.74) is 2.14. The van der Waals surface area contributed by atoms with Crippen LogP contribution in [0.15, 0.2) is 42.5 Å². The number of amides is 1. The van der Waals surface area contributed by atoms with Crippen LogP contribution < -0.4 is 11.1 Å². The Hall–Kier alpha value is -2.71. The number of halogens is 6. The molecule has 0 heterocycles. The zero-order valence-corrected chi connectivity index (χ0v) is 11.8. The Kier molecular flexibility index (Phi) is 4.46. The first-order valence-electron chi connectivity index (χ1n) is 6.43. The molecule has 0 fully saturated rings. The van der Waals surface area contributed by atoms with Crippen molar-refractivity contribution in [2.24, 2.45) is 0 Å². The number of nitrogen functional groups attached to an aromatic ring is 1. The number of hydrogen-bond donors (Lipinski definition) is 2. The van der Waals surface area contributed by atoms with Gasteiger partial charge in [0.2, 0.25) is 0 Å². The Morgan fingerprint density at radius 3 is 1.71 bits per heavy atom. The standard InChI is InChI=1S/C15H10F6N2O/c16-14(17,18)9-5-8(6-10(7-9)15(19,20)21)13(24)23-12-3-1-11(22)2-4-12/h1-7H,22H2,(H,23,24). The summed E-state index contributed by atoms with van der Waals surface area (Å²) in [6.45, 7) is 0. The average Bonchev–Trinajstić information content (AvgIpc) is 2.47. The zero-order valence-electron chi connectivity index (χ0n) is 11.8. The number of carbonyl (C=O) groups is 1. The molecule has 2 aromatic rings. The van der Waals surface area contributed by atoms with E-state index in [9.17, 15) is 31.1 Å². The summed E-state index contributed by atoms with van der Waals surface area (Å²) in [5.74, 6) is -1.10. The third kappa shape index (κ3) is 4.18. The lowest BCUT2D eigenvalue weighted by Crippen LogP contribution is -2.17. The molecule has 0 radical (unpaired) electrons. The highest BCUT2D eigenvalue weighted by Gasteiger charge is 2.37. The SMILES string of the molecule is Nc1ccc(NC(=O)c2cc(C(F)(F)F)cc(C(F)(F)F)c2)cc1. The van der Waals surface area contributed by atoms with Crippen molar-refractivity contribution in [3.8, 4) is 0 Å². The van der Waals surface area contributed by atoms with E-state index >= 15 is 0 Å². The second-order valence-corrected chi connectivity index (χ2v) is 4.87. The molecule has 0 saturated carbocycles. The first-order chi connectivity index (χ1) is 11.0. The van der Waals surface area contributed by atoms with E-state index in [1.54, 1.807) is 0 Å². The van der Waals surface area contributed by atoms with Crippen molar-refractivity contribution in [3.63, 3.8) is 0 Å². The first kappa shape index (κ1) is 17.6. The maximum absolute atomic E-state index is 12.8. The van der Waals surface area contributed by atoms with Crippen LogP contribution in [0.4, 0.5) is 37.7 Å². The predicted octanol–water partition coefficient (Wildman–Crippen LogP) is 4.56. The summed E-state index contributed by atoms with van der Waals surface area (Å²) in [5, 5.41) is 2.21. The minimum absolute atomic E-state index is 0.0417. The lowest BCUT2D eigenvalue weighted by molar-refractivity contribution is -0.143. The molecule has 0 saturated heterocycles. The van der Waals surface area contributed by atoms with E-state index in [1.165, 1.54) is 24.3 Å². The van der Waals surface area contributed by atoms with Gasteiger partial charge in [-0.25, -0.2) is 0 Å². The van der Waals surface area contributed by atoms with Gasteiger partial charge in [-0.15, -0.1) is 0 Å². The fourth-order valence-corrected chi connectivity index (χ4v) is 1.86. The molecule has 0 aliphatic rings. The number of nitrogens with one attached hydrogen (secondary N) is 1. The van der Waals surface area contributed by atoms with Gasteiger partial charge >= 0.3 is 12.4 Å². The molecule has 9 heteroatoms. The summed E-state index contributed by atoms with van der Waals surface area (Å²) in [4.78, 5) is 12.0. The van der Waals surface area contributed by atoms with Gasteiger partial charge in [-0.3, -0.25) is 4.79 Å². The van der Waals surface area contributed by atoms with Crippen molar-refractivity contribution >= 4 is 17.3 Å². The molecular formula is C15H10F6N2O. The Labute approximate surface area is 132 Å². The number of nitrogens with two attached hydrogens (primary N) is 1. The lowest BCUT2D eigenvalue weighted by Gasteiger charge is -2.14. The summed E-state index contributed by atoms with van der Waals surface area (Å²) < 4.78 is 76.5. The highest BCUT2D eigenvalue weighted by Crippen LogP contribution is 2.36. The molecule has 2 aromatic carbocycles. The second kappa shape index (κ2) is 6.06. The van der Waals surface area contributed by atoms with Gasteiger partial charge in [0.15, 0.2) is 0 Å². The van der Waals surface area contributed by atoms with Crippen molar-refractivity contribution in [1.82, 2.24) is 0 Å². The molecule has 0 aromatic heterocycles. The Morgan fingerprint density at radius 1 is 0.833 bits per heavy atom. The van der Waals surface area contributed by atoms with Crippen LogP contribution in [0.1, 0.15) is 21.5 Å². The molecule has 0 unspecified atom stereocenters. The van der Waals surface area contributed by atoms with Crippen molar-refractivity contribution in [2.45, 2.75) is 12.4 Å². The second-order valence-electron chi connectivity index (χ2n) is 4.87. The highest BCUT2D eigenvalue weighted by atomic mass is 19.4. The Balaban J connectivity index is 2.40. The maximum Gasteiger partial charge on any atom is 0.416 e. The van der Waals surface area contributed by atoms with E-state index in [-0.39, 0.29) is 11.8 Å². The van der Waals surface area contributed by atoms with Gasteiger partial charge in [0.1, 0.15) is 0 Å². The van der Waals surface area contributed by atoms with Crippen LogP contribution in [0.5, 0.6) is 0 Å². The molecule has 3 N–H and O–H groups in total. The van der Waals surface area contributed by atoms with Gasteiger partial charge in [0, 0.05) is 16.9 Å². The number of hydrogen-bond acceptors (Lipinski definition) is 2. The fraction of sp³-hybridized carbons (Fsp3) is 0.133. The molecular weight excluding hydrogens is 338 g/mol. The van der Waals surface area contributed by atoms with Crippen LogP contribution in [0.2, 0.25) is 0 Å². The lowest BCUT2D eigenvalue weighted by atomic mass is 10.0. The summed E-state index contributed by atoms with van der Waals surface area (Å²) in [7, 11) is 0. The van der Waals surface area contributed by atoms with Gasteiger partial charge in [0.25, 0.3) is 5.91 Å². The molecule has 0 spiro atoms. The van der Waals surface area contributed by atoms with E-state index in [2.05, 4.69) is 5.32 Å². The number of alkyl halides is 6. The van der Waals surface area contributed by atoms with E-state index < -0.39 is 35.0 Å².